The van der Waals surface area contributed by atoms with Gasteiger partial charge >= 0.3 is 6.09 Å². The fraction of sp³-hybridized carbons (Fsp3) is 0.808. The Kier molecular flexibility index (Phi) is 8.72. The third kappa shape index (κ3) is 7.63. The van der Waals surface area contributed by atoms with E-state index in [9.17, 15) is 37.9 Å². The van der Waals surface area contributed by atoms with Crippen molar-refractivity contribution in [3.8, 4) is 0 Å². The second-order valence-corrected chi connectivity index (χ2v) is 12.4. The van der Waals surface area contributed by atoms with Crippen LogP contribution >= 0.6 is 0 Å². The van der Waals surface area contributed by atoms with Crippen molar-refractivity contribution in [2.24, 2.45) is 10.8 Å². The van der Waals surface area contributed by atoms with Gasteiger partial charge in [-0.25, -0.2) is 13.6 Å². The average molecular weight is 543 g/mol. The van der Waals surface area contributed by atoms with E-state index in [0.29, 0.717) is 19.8 Å². The fourth-order valence-corrected chi connectivity index (χ4v) is 5.28. The Bertz CT molecular complexity index is 952. The Labute approximate surface area is 221 Å². The molecule has 1 saturated heterocycles. The molecule has 12 heteroatoms. The number of amides is 4. The molecule has 0 aromatic rings. The van der Waals surface area contributed by atoms with Gasteiger partial charge in [-0.05, 0) is 62.7 Å². The summed E-state index contributed by atoms with van der Waals surface area (Å²) in [6, 6.07) is -3.76. The van der Waals surface area contributed by atoms with Crippen LogP contribution in [0.1, 0.15) is 85.5 Å². The molecule has 1 unspecified atom stereocenters. The van der Waals surface area contributed by atoms with Crippen molar-refractivity contribution in [2.45, 2.75) is 116 Å². The Morgan fingerprint density at radius 2 is 1.66 bits per heavy atom. The lowest BCUT2D eigenvalue weighted by molar-refractivity contribution is -0.151. The lowest BCUT2D eigenvalue weighted by Gasteiger charge is -2.52. The molecule has 3 atom stereocenters. The lowest BCUT2D eigenvalue weighted by Crippen LogP contribution is -2.64. The number of carbonyl (C=O) groups excluding carboxylic acids is 4. The summed E-state index contributed by atoms with van der Waals surface area (Å²) < 4.78 is 27.3. The number of likely N-dealkylation sites (tertiary alicyclic amines) is 1. The molecule has 38 heavy (non-hydrogen) atoms. The molecular formula is C26H40F2N4O6. The van der Waals surface area contributed by atoms with Gasteiger partial charge in [-0.1, -0.05) is 27.2 Å². The summed E-state index contributed by atoms with van der Waals surface area (Å²) >= 11 is 0. The number of alkyl halides is 2. The zero-order valence-electron chi connectivity index (χ0n) is 22.6. The molecule has 214 valence electrons. The molecule has 2 saturated carbocycles. The van der Waals surface area contributed by atoms with Gasteiger partial charge in [0.1, 0.15) is 12.1 Å². The van der Waals surface area contributed by atoms with Crippen molar-refractivity contribution in [3.05, 3.63) is 0 Å². The summed E-state index contributed by atoms with van der Waals surface area (Å²) in [6.07, 6.45) is 2.63. The minimum atomic E-state index is -3.11. The van der Waals surface area contributed by atoms with Gasteiger partial charge in [-0.15, -0.1) is 0 Å². The van der Waals surface area contributed by atoms with Gasteiger partial charge in [0.2, 0.25) is 23.5 Å². The molecule has 0 aromatic heterocycles. The Hall–Kier alpha value is -2.79. The molecule has 10 nitrogen and oxygen atoms in total. The van der Waals surface area contributed by atoms with E-state index in [1.165, 1.54) is 4.90 Å². The van der Waals surface area contributed by atoms with Crippen LogP contribution in [-0.2, 0) is 19.2 Å². The molecule has 1 spiro atoms. The van der Waals surface area contributed by atoms with Crippen LogP contribution in [0.2, 0.25) is 0 Å². The standard InChI is InChI=1S/C26H40F2N4O6/c1-24(2,3)19(31-23(37)38)22(36)32-13-12-26(9-5-10-26)14-17(32)20(34)30-16(8-11-25(4,27)28)18(33)21(35)29-15-6-7-15/h15-17,19,31H,5-14H2,1-4H3,(H,29,35)(H,30,34)(H,37,38)/t16-,17?,19+/m0/s1. The number of nitrogens with one attached hydrogen (secondary N) is 3. The SMILES string of the molecule is CC(F)(F)CC[C@H](NC(=O)C1CC2(CCC2)CCN1C(=O)[C@@H](NC(=O)O)C(C)(C)C)C(=O)C(=O)NC1CC1. The van der Waals surface area contributed by atoms with Crippen LogP contribution in [0.15, 0.2) is 0 Å². The van der Waals surface area contributed by atoms with E-state index in [1.807, 2.05) is 0 Å². The highest BCUT2D eigenvalue weighted by molar-refractivity contribution is 6.38. The molecule has 3 fully saturated rings. The normalized spacial score (nSPS) is 22.6. The maximum atomic E-state index is 13.7. The first-order chi connectivity index (χ1) is 17.5. The van der Waals surface area contributed by atoms with Gasteiger partial charge in [0.25, 0.3) is 5.91 Å². The Morgan fingerprint density at radius 3 is 2.13 bits per heavy atom. The number of piperidine rings is 1. The van der Waals surface area contributed by atoms with Crippen molar-refractivity contribution < 1.29 is 37.9 Å². The largest absolute Gasteiger partial charge is 0.465 e. The quantitative estimate of drug-likeness (QED) is 0.312. The van der Waals surface area contributed by atoms with E-state index in [1.54, 1.807) is 20.8 Å². The number of carbonyl (C=O) groups is 5. The van der Waals surface area contributed by atoms with Crippen LogP contribution in [0, 0.1) is 10.8 Å². The minimum absolute atomic E-state index is 0.128. The van der Waals surface area contributed by atoms with Crippen molar-refractivity contribution in [2.75, 3.05) is 6.54 Å². The molecule has 4 N–H and O–H groups in total. The van der Waals surface area contributed by atoms with Gasteiger partial charge in [0, 0.05) is 19.0 Å². The Morgan fingerprint density at radius 1 is 1.03 bits per heavy atom. The predicted molar refractivity (Wildman–Crippen MR) is 133 cm³/mol. The molecule has 0 radical (unpaired) electrons. The number of nitrogens with zero attached hydrogens (tertiary/aromatic N) is 1. The van der Waals surface area contributed by atoms with Gasteiger partial charge in [0.05, 0.1) is 6.04 Å². The molecular weight excluding hydrogens is 502 g/mol. The first-order valence-corrected chi connectivity index (χ1v) is 13.3. The summed E-state index contributed by atoms with van der Waals surface area (Å²) in [6.45, 7) is 6.03. The summed E-state index contributed by atoms with van der Waals surface area (Å²) in [7, 11) is 0. The highest BCUT2D eigenvalue weighted by Crippen LogP contribution is 2.50. The summed E-state index contributed by atoms with van der Waals surface area (Å²) in [5.41, 5.74) is -0.941. The van der Waals surface area contributed by atoms with Crippen molar-refractivity contribution in [1.82, 2.24) is 20.9 Å². The molecule has 0 aromatic carbocycles. The van der Waals surface area contributed by atoms with Crippen molar-refractivity contribution in [1.29, 1.82) is 0 Å². The zero-order valence-corrected chi connectivity index (χ0v) is 22.6. The van der Waals surface area contributed by atoms with Crippen molar-refractivity contribution in [3.63, 3.8) is 0 Å². The van der Waals surface area contributed by atoms with Crippen LogP contribution in [0.3, 0.4) is 0 Å². The van der Waals surface area contributed by atoms with Gasteiger partial charge in [0.15, 0.2) is 0 Å². The lowest BCUT2D eigenvalue weighted by atomic mass is 9.61. The number of carboxylic acid groups (broad SMARTS) is 1. The minimum Gasteiger partial charge on any atom is -0.465 e. The number of rotatable bonds is 10. The molecule has 0 bridgehead atoms. The monoisotopic (exact) mass is 542 g/mol. The third-order valence-electron chi connectivity index (χ3n) is 7.91. The molecule has 3 rings (SSSR count). The van der Waals surface area contributed by atoms with Crippen LogP contribution in [0.25, 0.3) is 0 Å². The Balaban J connectivity index is 1.84. The smallest absolute Gasteiger partial charge is 0.405 e. The van der Waals surface area contributed by atoms with E-state index in [0.717, 1.165) is 32.1 Å². The second-order valence-electron chi connectivity index (χ2n) is 12.4. The van der Waals surface area contributed by atoms with Gasteiger partial charge < -0.3 is 26.0 Å². The number of ketones is 1. The number of Topliss-reactive ketones (excluding diaryl/α,β-unsaturated/α-hetero) is 1. The fourth-order valence-electron chi connectivity index (χ4n) is 5.28. The first kappa shape index (κ1) is 29.8. The average Bonchev–Trinajstić information content (AvgIpc) is 3.60. The van der Waals surface area contributed by atoms with Crippen molar-refractivity contribution >= 4 is 29.6 Å². The third-order valence-corrected chi connectivity index (χ3v) is 7.91. The molecule has 1 heterocycles. The maximum Gasteiger partial charge on any atom is 0.405 e. The van der Waals surface area contributed by atoms with Gasteiger partial charge in [-0.3, -0.25) is 19.2 Å². The number of hydrogen-bond acceptors (Lipinski definition) is 5. The van der Waals surface area contributed by atoms with E-state index in [-0.39, 0.29) is 18.0 Å². The van der Waals surface area contributed by atoms with E-state index < -0.39 is 71.9 Å². The van der Waals surface area contributed by atoms with Crippen LogP contribution in [0.4, 0.5) is 13.6 Å². The number of hydrogen-bond donors (Lipinski definition) is 4. The highest BCUT2D eigenvalue weighted by atomic mass is 19.3. The van der Waals surface area contributed by atoms with E-state index >= 15 is 0 Å². The van der Waals surface area contributed by atoms with E-state index in [2.05, 4.69) is 16.0 Å². The topological polar surface area (TPSA) is 145 Å². The summed E-state index contributed by atoms with van der Waals surface area (Å²) in [5, 5.41) is 16.6. The summed E-state index contributed by atoms with van der Waals surface area (Å²) in [5.74, 6) is -6.31. The summed E-state index contributed by atoms with van der Waals surface area (Å²) in [4.78, 5) is 65.3. The first-order valence-electron chi connectivity index (χ1n) is 13.3. The maximum absolute atomic E-state index is 13.7. The highest BCUT2D eigenvalue weighted by Gasteiger charge is 2.50. The molecule has 1 aliphatic heterocycles. The molecule has 3 aliphatic rings. The molecule has 4 amide bonds. The van der Waals surface area contributed by atoms with E-state index in [4.69, 9.17) is 0 Å². The zero-order chi connectivity index (χ0) is 28.5. The molecule has 2 aliphatic carbocycles. The van der Waals surface area contributed by atoms with Crippen LogP contribution < -0.4 is 16.0 Å². The van der Waals surface area contributed by atoms with Gasteiger partial charge in [-0.2, -0.15) is 0 Å². The number of halogens is 2. The van der Waals surface area contributed by atoms with Crippen LogP contribution in [0.5, 0.6) is 0 Å². The van der Waals surface area contributed by atoms with Crippen LogP contribution in [-0.4, -0.2) is 76.2 Å². The second kappa shape index (κ2) is 11.1. The predicted octanol–water partition coefficient (Wildman–Crippen LogP) is 2.60.